The Bertz CT molecular complexity index is 899. The number of hydrogen-bond acceptors (Lipinski definition) is 6. The fourth-order valence-electron chi connectivity index (χ4n) is 3.26. The highest BCUT2D eigenvalue weighted by molar-refractivity contribution is 6.10. The van der Waals surface area contributed by atoms with Crippen molar-refractivity contribution >= 4 is 18.3 Å². The monoisotopic (exact) mass is 410 g/mol. The third kappa shape index (κ3) is 5.16. The lowest BCUT2D eigenvalue weighted by molar-refractivity contribution is -0.118. The molecule has 1 aliphatic carbocycles. The van der Waals surface area contributed by atoms with Crippen LogP contribution in [0.15, 0.2) is 57.5 Å². The molecule has 1 N–H and O–H groups in total. The van der Waals surface area contributed by atoms with Gasteiger partial charge < -0.3 is 19.7 Å². The summed E-state index contributed by atoms with van der Waals surface area (Å²) in [5, 5.41) is 3.04. The quantitative estimate of drug-likeness (QED) is 0.386. The van der Waals surface area contributed by atoms with E-state index in [4.69, 9.17) is 14.5 Å². The number of benzene rings is 1. The summed E-state index contributed by atoms with van der Waals surface area (Å²) in [6, 6.07) is 7.82. The highest BCUT2D eigenvalue weighted by atomic mass is 16.5. The lowest BCUT2D eigenvalue weighted by Crippen LogP contribution is -2.36. The van der Waals surface area contributed by atoms with Crippen molar-refractivity contribution in [1.29, 1.82) is 0 Å². The molecule has 7 heteroatoms. The Morgan fingerprint density at radius 1 is 1.40 bits per heavy atom. The van der Waals surface area contributed by atoms with Crippen LogP contribution < -0.4 is 10.1 Å². The van der Waals surface area contributed by atoms with E-state index in [1.807, 2.05) is 56.1 Å². The second-order valence-corrected chi connectivity index (χ2v) is 7.64. The zero-order valence-electron chi connectivity index (χ0n) is 18.1. The molecule has 1 atom stereocenters. The minimum Gasteiger partial charge on any atom is -0.491 e. The number of nitrogens with zero attached hydrogens (tertiary/aromatic N) is 3. The SMILES string of the molecule is C=N/C(C(=O)N[C@@H](C)C1CC1)=C1/N=C(c2cccc(OCCOC)c2)C=C(C)N1C. The normalized spacial score (nSPS) is 18.9. The molecule has 2 aliphatic rings. The molecule has 1 heterocycles. The van der Waals surface area contributed by atoms with Gasteiger partial charge in [0.1, 0.15) is 12.4 Å². The maximum absolute atomic E-state index is 12.9. The standard InChI is InChI=1S/C23H30N4O3/c1-15-13-20(18-7-6-8-19(14-18)30-12-11-29-5)26-22(27(15)4)21(24-3)23(28)25-16(2)17-9-10-17/h6-8,13-14,16-17H,3,9-12H2,1-2,4-5H3,(H,25,28)/b22-21-/t16-/m0/s1. The number of methoxy groups -OCH3 is 1. The number of carbonyl (C=O) groups is 1. The first-order chi connectivity index (χ1) is 14.4. The van der Waals surface area contributed by atoms with Gasteiger partial charge in [0, 0.05) is 31.5 Å². The fraction of sp³-hybridized carbons (Fsp3) is 0.435. The van der Waals surface area contributed by atoms with Crippen LogP contribution in [0.25, 0.3) is 0 Å². The van der Waals surface area contributed by atoms with Crippen LogP contribution in [0.4, 0.5) is 0 Å². The summed E-state index contributed by atoms with van der Waals surface area (Å²) in [5.41, 5.74) is 2.80. The van der Waals surface area contributed by atoms with Gasteiger partial charge in [-0.3, -0.25) is 9.79 Å². The van der Waals surface area contributed by atoms with Crippen molar-refractivity contribution in [2.45, 2.75) is 32.7 Å². The van der Waals surface area contributed by atoms with Gasteiger partial charge in [-0.05, 0) is 57.5 Å². The molecule has 0 radical (unpaired) electrons. The largest absolute Gasteiger partial charge is 0.491 e. The molecule has 0 aromatic heterocycles. The van der Waals surface area contributed by atoms with Crippen molar-refractivity contribution in [3.8, 4) is 5.75 Å². The zero-order valence-corrected chi connectivity index (χ0v) is 18.1. The van der Waals surface area contributed by atoms with Crippen LogP contribution >= 0.6 is 0 Å². The number of aliphatic imine (C=N–C) groups is 2. The molecule has 7 nitrogen and oxygen atoms in total. The molecule has 0 bridgehead atoms. The van der Waals surface area contributed by atoms with E-state index in [2.05, 4.69) is 17.0 Å². The summed E-state index contributed by atoms with van der Waals surface area (Å²) in [7, 11) is 3.51. The van der Waals surface area contributed by atoms with E-state index < -0.39 is 0 Å². The Kier molecular flexibility index (Phi) is 7.05. The average Bonchev–Trinajstić information content (AvgIpc) is 3.57. The van der Waals surface area contributed by atoms with Crippen molar-refractivity contribution in [3.63, 3.8) is 0 Å². The maximum atomic E-state index is 12.9. The number of allylic oxidation sites excluding steroid dienone is 2. The molecule has 0 saturated heterocycles. The summed E-state index contributed by atoms with van der Waals surface area (Å²) in [6.07, 6.45) is 4.28. The van der Waals surface area contributed by atoms with Gasteiger partial charge in [-0.25, -0.2) is 4.99 Å². The molecule has 1 fully saturated rings. The summed E-state index contributed by atoms with van der Waals surface area (Å²) >= 11 is 0. The van der Waals surface area contributed by atoms with Crippen LogP contribution in [0.5, 0.6) is 5.75 Å². The Balaban J connectivity index is 1.90. The summed E-state index contributed by atoms with van der Waals surface area (Å²) in [6.45, 7) is 8.61. The first-order valence-corrected chi connectivity index (χ1v) is 10.2. The lowest BCUT2D eigenvalue weighted by Gasteiger charge is -2.27. The number of nitrogens with one attached hydrogen (secondary N) is 1. The van der Waals surface area contributed by atoms with Gasteiger partial charge >= 0.3 is 0 Å². The van der Waals surface area contributed by atoms with Gasteiger partial charge in [0.15, 0.2) is 11.5 Å². The Hall–Kier alpha value is -2.93. The van der Waals surface area contributed by atoms with E-state index in [1.165, 1.54) is 0 Å². The van der Waals surface area contributed by atoms with Crippen molar-refractivity contribution < 1.29 is 14.3 Å². The van der Waals surface area contributed by atoms with Crippen LogP contribution in [-0.4, -0.2) is 56.6 Å². The molecule has 1 aromatic rings. The molecule has 30 heavy (non-hydrogen) atoms. The van der Waals surface area contributed by atoms with Crippen molar-refractivity contribution in [3.05, 3.63) is 53.1 Å². The molecule has 0 unspecified atom stereocenters. The van der Waals surface area contributed by atoms with E-state index in [0.29, 0.717) is 25.0 Å². The van der Waals surface area contributed by atoms with Crippen molar-refractivity contribution in [2.75, 3.05) is 27.4 Å². The Morgan fingerprint density at radius 3 is 2.83 bits per heavy atom. The lowest BCUT2D eigenvalue weighted by atomic mass is 10.1. The van der Waals surface area contributed by atoms with Crippen LogP contribution in [0.1, 0.15) is 32.3 Å². The van der Waals surface area contributed by atoms with Gasteiger partial charge in [-0.1, -0.05) is 12.1 Å². The van der Waals surface area contributed by atoms with Crippen molar-refractivity contribution in [1.82, 2.24) is 10.2 Å². The third-order valence-corrected chi connectivity index (χ3v) is 5.38. The molecule has 1 aliphatic heterocycles. The first kappa shape index (κ1) is 21.8. The number of amides is 1. The van der Waals surface area contributed by atoms with E-state index in [-0.39, 0.29) is 17.6 Å². The molecule has 3 rings (SSSR count). The molecule has 0 spiro atoms. The third-order valence-electron chi connectivity index (χ3n) is 5.38. The molecule has 160 valence electrons. The number of hydrogen-bond donors (Lipinski definition) is 1. The van der Waals surface area contributed by atoms with Crippen LogP contribution in [-0.2, 0) is 9.53 Å². The molecule has 1 saturated carbocycles. The highest BCUT2D eigenvalue weighted by Gasteiger charge is 2.31. The Labute approximate surface area is 178 Å². The number of ether oxygens (including phenoxy) is 2. The van der Waals surface area contributed by atoms with Gasteiger partial charge in [0.25, 0.3) is 5.91 Å². The molecular formula is C23H30N4O3. The predicted molar refractivity (Wildman–Crippen MR) is 119 cm³/mol. The van der Waals surface area contributed by atoms with Gasteiger partial charge in [0.2, 0.25) is 0 Å². The Morgan fingerprint density at radius 2 is 2.17 bits per heavy atom. The van der Waals surface area contributed by atoms with Crippen LogP contribution in [0.3, 0.4) is 0 Å². The summed E-state index contributed by atoms with van der Waals surface area (Å²) in [5.74, 6) is 1.52. The van der Waals surface area contributed by atoms with Crippen LogP contribution in [0, 0.1) is 5.92 Å². The fourth-order valence-corrected chi connectivity index (χ4v) is 3.26. The van der Waals surface area contributed by atoms with Gasteiger partial charge in [-0.15, -0.1) is 0 Å². The molecular weight excluding hydrogens is 380 g/mol. The van der Waals surface area contributed by atoms with Gasteiger partial charge in [0.05, 0.1) is 12.3 Å². The smallest absolute Gasteiger partial charge is 0.273 e. The predicted octanol–water partition coefficient (Wildman–Crippen LogP) is 3.13. The van der Waals surface area contributed by atoms with E-state index in [1.54, 1.807) is 7.11 Å². The van der Waals surface area contributed by atoms with Crippen LogP contribution in [0.2, 0.25) is 0 Å². The van der Waals surface area contributed by atoms with Crippen molar-refractivity contribution in [2.24, 2.45) is 15.9 Å². The summed E-state index contributed by atoms with van der Waals surface area (Å²) in [4.78, 5) is 23.5. The zero-order chi connectivity index (χ0) is 21.7. The number of carbonyl (C=O) groups excluding carboxylic acids is 1. The van der Waals surface area contributed by atoms with E-state index in [9.17, 15) is 4.79 Å². The highest BCUT2D eigenvalue weighted by Crippen LogP contribution is 2.32. The van der Waals surface area contributed by atoms with E-state index >= 15 is 0 Å². The van der Waals surface area contributed by atoms with E-state index in [0.717, 1.165) is 35.6 Å². The molecule has 1 amide bonds. The minimum atomic E-state index is -0.249. The average molecular weight is 411 g/mol. The topological polar surface area (TPSA) is 75.5 Å². The number of rotatable bonds is 9. The first-order valence-electron chi connectivity index (χ1n) is 10.2. The molecule has 1 aromatic carbocycles. The summed E-state index contributed by atoms with van der Waals surface area (Å²) < 4.78 is 10.7. The second kappa shape index (κ2) is 9.71. The second-order valence-electron chi connectivity index (χ2n) is 7.64. The maximum Gasteiger partial charge on any atom is 0.273 e. The van der Waals surface area contributed by atoms with Gasteiger partial charge in [-0.2, -0.15) is 0 Å². The minimum absolute atomic E-state index is 0.116.